The quantitative estimate of drug-likeness (QED) is 0.634. The Kier molecular flexibility index (Phi) is 6.61. The summed E-state index contributed by atoms with van der Waals surface area (Å²) in [6.07, 6.45) is 1.19. The molecule has 0 spiro atoms. The first-order valence-electron chi connectivity index (χ1n) is 8.50. The van der Waals surface area contributed by atoms with Gasteiger partial charge in [-0.15, -0.1) is 0 Å². The average Bonchev–Trinajstić information content (AvgIpc) is 2.57. The molecule has 2 N–H and O–H groups in total. The lowest BCUT2D eigenvalue weighted by molar-refractivity contribution is -0.155. The van der Waals surface area contributed by atoms with E-state index in [0.29, 0.717) is 30.8 Å². The van der Waals surface area contributed by atoms with Gasteiger partial charge in [-0.3, -0.25) is 4.79 Å². The molecule has 0 radical (unpaired) electrons. The summed E-state index contributed by atoms with van der Waals surface area (Å²) in [7, 11) is 0. The fraction of sp³-hybridized carbons (Fsp3) is 0.556. The molecule has 1 aliphatic heterocycles. The van der Waals surface area contributed by atoms with Gasteiger partial charge in [0.05, 0.1) is 12.2 Å². The van der Waals surface area contributed by atoms with Crippen LogP contribution in [-0.4, -0.2) is 49.2 Å². The molecular formula is C18H26N2O4. The Labute approximate surface area is 142 Å². The van der Waals surface area contributed by atoms with E-state index in [-0.39, 0.29) is 5.97 Å². The minimum atomic E-state index is -0.456. The molecule has 1 aliphatic rings. The van der Waals surface area contributed by atoms with Gasteiger partial charge in [-0.25, -0.2) is 4.79 Å². The van der Waals surface area contributed by atoms with Crippen LogP contribution in [0.4, 0.5) is 5.69 Å². The predicted octanol–water partition coefficient (Wildman–Crippen LogP) is 2.09. The molecule has 0 bridgehead atoms. The van der Waals surface area contributed by atoms with Crippen LogP contribution in [-0.2, 0) is 14.3 Å². The number of rotatable bonds is 6. The van der Waals surface area contributed by atoms with Crippen LogP contribution in [0.5, 0.6) is 0 Å². The number of benzene rings is 1. The Morgan fingerprint density at radius 2 is 1.96 bits per heavy atom. The molecule has 132 valence electrons. The smallest absolute Gasteiger partial charge is 0.338 e. The predicted molar refractivity (Wildman–Crippen MR) is 91.5 cm³/mol. The summed E-state index contributed by atoms with van der Waals surface area (Å²) in [5.41, 5.74) is 6.65. The number of piperidine rings is 1. The maximum Gasteiger partial charge on any atom is 0.338 e. The van der Waals surface area contributed by atoms with Gasteiger partial charge in [-0.1, -0.05) is 6.92 Å². The standard InChI is InChI=1S/C18H26N2O4/c1-3-10-20-11-9-16(15(12-20)18(22)23-4-2)24-17(21)13-5-7-14(19)8-6-13/h5-8,15-16H,3-4,9-12,19H2,1-2H3. The first-order chi connectivity index (χ1) is 11.5. The minimum Gasteiger partial charge on any atom is -0.466 e. The Morgan fingerprint density at radius 1 is 1.25 bits per heavy atom. The van der Waals surface area contributed by atoms with E-state index in [1.165, 1.54) is 0 Å². The lowest BCUT2D eigenvalue weighted by Gasteiger charge is -2.36. The highest BCUT2D eigenvalue weighted by molar-refractivity contribution is 5.90. The lowest BCUT2D eigenvalue weighted by Crippen LogP contribution is -2.48. The third kappa shape index (κ3) is 4.71. The number of anilines is 1. The zero-order valence-corrected chi connectivity index (χ0v) is 14.4. The van der Waals surface area contributed by atoms with Gasteiger partial charge in [-0.2, -0.15) is 0 Å². The summed E-state index contributed by atoms with van der Waals surface area (Å²) < 4.78 is 10.8. The number of carbonyl (C=O) groups is 2. The van der Waals surface area contributed by atoms with Crippen LogP contribution >= 0.6 is 0 Å². The molecule has 6 nitrogen and oxygen atoms in total. The second kappa shape index (κ2) is 8.68. The van der Waals surface area contributed by atoms with Crippen LogP contribution in [0, 0.1) is 5.92 Å². The number of nitrogens with zero attached hydrogens (tertiary/aromatic N) is 1. The van der Waals surface area contributed by atoms with Crippen molar-refractivity contribution in [1.29, 1.82) is 0 Å². The van der Waals surface area contributed by atoms with Crippen molar-refractivity contribution < 1.29 is 19.1 Å². The van der Waals surface area contributed by atoms with Gasteiger partial charge in [0.25, 0.3) is 0 Å². The molecular weight excluding hydrogens is 308 g/mol. The Bertz CT molecular complexity index is 559. The molecule has 1 aromatic carbocycles. The van der Waals surface area contributed by atoms with E-state index in [9.17, 15) is 9.59 Å². The van der Waals surface area contributed by atoms with E-state index in [1.54, 1.807) is 31.2 Å². The van der Waals surface area contributed by atoms with Gasteiger partial charge in [-0.05, 0) is 50.6 Å². The second-order valence-electron chi connectivity index (χ2n) is 6.01. The van der Waals surface area contributed by atoms with Crippen LogP contribution in [0.15, 0.2) is 24.3 Å². The fourth-order valence-electron chi connectivity index (χ4n) is 2.96. The third-order valence-electron chi connectivity index (χ3n) is 4.17. The molecule has 1 aromatic rings. The third-order valence-corrected chi connectivity index (χ3v) is 4.17. The van der Waals surface area contributed by atoms with Crippen molar-refractivity contribution in [3.63, 3.8) is 0 Å². The highest BCUT2D eigenvalue weighted by atomic mass is 16.6. The van der Waals surface area contributed by atoms with Crippen molar-refractivity contribution >= 4 is 17.6 Å². The van der Waals surface area contributed by atoms with Gasteiger partial charge >= 0.3 is 11.9 Å². The number of esters is 2. The van der Waals surface area contributed by atoms with Crippen LogP contribution in [0.1, 0.15) is 37.0 Å². The van der Waals surface area contributed by atoms with Crippen molar-refractivity contribution in [1.82, 2.24) is 4.90 Å². The number of ether oxygens (including phenoxy) is 2. The fourth-order valence-corrected chi connectivity index (χ4v) is 2.96. The zero-order chi connectivity index (χ0) is 17.5. The van der Waals surface area contributed by atoms with Crippen LogP contribution < -0.4 is 5.73 Å². The van der Waals surface area contributed by atoms with E-state index in [2.05, 4.69) is 11.8 Å². The van der Waals surface area contributed by atoms with Gasteiger partial charge in [0, 0.05) is 18.8 Å². The molecule has 2 rings (SSSR count). The van der Waals surface area contributed by atoms with E-state index >= 15 is 0 Å². The molecule has 1 saturated heterocycles. The maximum atomic E-state index is 12.3. The topological polar surface area (TPSA) is 81.9 Å². The summed E-state index contributed by atoms with van der Waals surface area (Å²) in [6.45, 7) is 6.50. The number of carbonyl (C=O) groups excluding carboxylic acids is 2. The first kappa shape index (κ1) is 18.3. The zero-order valence-electron chi connectivity index (χ0n) is 14.4. The molecule has 2 unspecified atom stereocenters. The van der Waals surface area contributed by atoms with Gasteiger partial charge in [0.15, 0.2) is 0 Å². The molecule has 24 heavy (non-hydrogen) atoms. The molecule has 0 aliphatic carbocycles. The molecule has 1 fully saturated rings. The van der Waals surface area contributed by atoms with Crippen LogP contribution in [0.2, 0.25) is 0 Å². The number of nitrogen functional groups attached to an aromatic ring is 1. The van der Waals surface area contributed by atoms with E-state index in [0.717, 1.165) is 19.5 Å². The normalized spacial score (nSPS) is 21.2. The number of nitrogens with two attached hydrogens (primary N) is 1. The van der Waals surface area contributed by atoms with Gasteiger partial charge in [0.1, 0.15) is 12.0 Å². The number of likely N-dealkylation sites (tertiary alicyclic amines) is 1. The summed E-state index contributed by atoms with van der Waals surface area (Å²) in [5.74, 6) is -1.17. The average molecular weight is 334 g/mol. The molecule has 6 heteroatoms. The molecule has 0 amide bonds. The largest absolute Gasteiger partial charge is 0.466 e. The van der Waals surface area contributed by atoms with Crippen LogP contribution in [0.3, 0.4) is 0 Å². The maximum absolute atomic E-state index is 12.3. The Balaban J connectivity index is 2.06. The molecule has 1 heterocycles. The summed E-state index contributed by atoms with van der Waals surface area (Å²) >= 11 is 0. The lowest BCUT2D eigenvalue weighted by atomic mass is 9.94. The van der Waals surface area contributed by atoms with E-state index < -0.39 is 18.0 Å². The van der Waals surface area contributed by atoms with E-state index in [1.807, 2.05) is 0 Å². The highest BCUT2D eigenvalue weighted by Gasteiger charge is 2.37. The van der Waals surface area contributed by atoms with Gasteiger partial charge in [0.2, 0.25) is 0 Å². The Hall–Kier alpha value is -2.08. The van der Waals surface area contributed by atoms with E-state index in [4.69, 9.17) is 15.2 Å². The molecule has 2 atom stereocenters. The molecule has 0 aromatic heterocycles. The van der Waals surface area contributed by atoms with Crippen LogP contribution in [0.25, 0.3) is 0 Å². The summed E-state index contributed by atoms with van der Waals surface area (Å²) in [6, 6.07) is 6.57. The number of hydrogen-bond acceptors (Lipinski definition) is 6. The van der Waals surface area contributed by atoms with Crippen molar-refractivity contribution in [3.8, 4) is 0 Å². The van der Waals surface area contributed by atoms with Gasteiger partial charge < -0.3 is 20.1 Å². The minimum absolute atomic E-state index is 0.298. The number of hydrogen-bond donors (Lipinski definition) is 1. The second-order valence-corrected chi connectivity index (χ2v) is 6.01. The van der Waals surface area contributed by atoms with Crippen molar-refractivity contribution in [2.24, 2.45) is 5.92 Å². The summed E-state index contributed by atoms with van der Waals surface area (Å²) in [5, 5.41) is 0. The van der Waals surface area contributed by atoms with Crippen molar-refractivity contribution in [3.05, 3.63) is 29.8 Å². The monoisotopic (exact) mass is 334 g/mol. The highest BCUT2D eigenvalue weighted by Crippen LogP contribution is 2.23. The Morgan fingerprint density at radius 3 is 2.58 bits per heavy atom. The first-order valence-corrected chi connectivity index (χ1v) is 8.50. The summed E-state index contributed by atoms with van der Waals surface area (Å²) in [4.78, 5) is 26.8. The molecule has 0 saturated carbocycles. The SMILES string of the molecule is CCCN1CCC(OC(=O)c2ccc(N)cc2)C(C(=O)OCC)C1. The van der Waals surface area contributed by atoms with Crippen molar-refractivity contribution in [2.75, 3.05) is 32.0 Å². The van der Waals surface area contributed by atoms with Crippen molar-refractivity contribution in [2.45, 2.75) is 32.8 Å².